The Hall–Kier alpha value is -2.31. The molecular weight excluding hydrogens is 250 g/mol. The van der Waals surface area contributed by atoms with Gasteiger partial charge in [0.2, 0.25) is 5.88 Å². The van der Waals surface area contributed by atoms with E-state index in [2.05, 4.69) is 10.3 Å². The third-order valence-corrected chi connectivity index (χ3v) is 2.45. The van der Waals surface area contributed by atoms with Crippen molar-refractivity contribution in [1.29, 1.82) is 0 Å². The second-order valence-corrected chi connectivity index (χ2v) is 3.78. The van der Waals surface area contributed by atoms with Crippen LogP contribution < -0.4 is 10.1 Å². The summed E-state index contributed by atoms with van der Waals surface area (Å²) in [5.41, 5.74) is 0.806. The molecule has 0 bridgehead atoms. The van der Waals surface area contributed by atoms with Crippen molar-refractivity contribution >= 4 is 12.0 Å². The average Bonchev–Trinajstić information content (AvgIpc) is 2.42. The van der Waals surface area contributed by atoms with E-state index in [1.807, 2.05) is 0 Å². The van der Waals surface area contributed by atoms with Gasteiger partial charge in [-0.25, -0.2) is 9.78 Å². The number of pyridine rings is 1. The first-order valence-electron chi connectivity index (χ1n) is 5.80. The van der Waals surface area contributed by atoms with Gasteiger partial charge < -0.3 is 20.1 Å². The summed E-state index contributed by atoms with van der Waals surface area (Å²) in [5, 5.41) is 11.3. The van der Waals surface area contributed by atoms with Gasteiger partial charge in [-0.15, -0.1) is 0 Å². The molecule has 1 rings (SSSR count). The molecule has 2 N–H and O–H groups in total. The lowest BCUT2D eigenvalue weighted by atomic mass is 10.3. The summed E-state index contributed by atoms with van der Waals surface area (Å²) >= 11 is 0. The van der Waals surface area contributed by atoms with Crippen LogP contribution in [-0.2, 0) is 11.3 Å². The Balaban J connectivity index is 2.49. The molecule has 0 aliphatic heterocycles. The van der Waals surface area contributed by atoms with E-state index >= 15 is 0 Å². The molecule has 7 nitrogen and oxygen atoms in total. The number of aliphatic carboxylic acids is 1. The van der Waals surface area contributed by atoms with Crippen molar-refractivity contribution in [3.63, 3.8) is 0 Å². The number of aromatic nitrogens is 1. The first-order chi connectivity index (χ1) is 9.06. The van der Waals surface area contributed by atoms with Crippen LogP contribution in [0.15, 0.2) is 18.3 Å². The lowest BCUT2D eigenvalue weighted by Gasteiger charge is -2.19. The van der Waals surface area contributed by atoms with E-state index in [0.717, 1.165) is 5.56 Å². The molecule has 1 aromatic rings. The minimum atomic E-state index is -1.04. The van der Waals surface area contributed by atoms with Gasteiger partial charge in [-0.05, 0) is 12.5 Å². The molecule has 0 radical (unpaired) electrons. The van der Waals surface area contributed by atoms with Gasteiger partial charge in [0.1, 0.15) is 6.54 Å². The van der Waals surface area contributed by atoms with Crippen LogP contribution >= 0.6 is 0 Å². The van der Waals surface area contributed by atoms with E-state index in [4.69, 9.17) is 9.84 Å². The van der Waals surface area contributed by atoms with E-state index in [0.29, 0.717) is 12.4 Å². The highest BCUT2D eigenvalue weighted by molar-refractivity contribution is 5.79. The molecule has 0 saturated carbocycles. The van der Waals surface area contributed by atoms with Gasteiger partial charge in [0.15, 0.2) is 0 Å². The minimum Gasteiger partial charge on any atom is -0.481 e. The van der Waals surface area contributed by atoms with Crippen LogP contribution in [0.4, 0.5) is 4.79 Å². The highest BCUT2D eigenvalue weighted by Gasteiger charge is 2.14. The van der Waals surface area contributed by atoms with Gasteiger partial charge in [-0.3, -0.25) is 4.79 Å². The maximum atomic E-state index is 11.7. The Morgan fingerprint density at radius 3 is 2.68 bits per heavy atom. The molecule has 0 spiro atoms. The van der Waals surface area contributed by atoms with Crippen LogP contribution in [0.5, 0.6) is 5.88 Å². The third kappa shape index (κ3) is 4.82. The number of carboxylic acids is 1. The van der Waals surface area contributed by atoms with Crippen molar-refractivity contribution in [2.24, 2.45) is 0 Å². The van der Waals surface area contributed by atoms with Gasteiger partial charge in [0.05, 0.1) is 7.11 Å². The number of methoxy groups -OCH3 is 1. The first kappa shape index (κ1) is 14.7. The number of carbonyl (C=O) groups is 2. The summed E-state index contributed by atoms with van der Waals surface area (Å²) < 4.78 is 4.92. The molecule has 0 aliphatic carbocycles. The second kappa shape index (κ2) is 7.20. The smallest absolute Gasteiger partial charge is 0.323 e. The highest BCUT2D eigenvalue weighted by Crippen LogP contribution is 2.06. The first-order valence-corrected chi connectivity index (χ1v) is 5.80. The van der Waals surface area contributed by atoms with Crippen molar-refractivity contribution in [2.45, 2.75) is 13.5 Å². The molecule has 0 saturated heterocycles. The quantitative estimate of drug-likeness (QED) is 0.791. The van der Waals surface area contributed by atoms with E-state index in [-0.39, 0.29) is 13.1 Å². The molecule has 0 atom stereocenters. The lowest BCUT2D eigenvalue weighted by Crippen LogP contribution is -2.42. The van der Waals surface area contributed by atoms with Crippen LogP contribution in [-0.4, -0.2) is 47.2 Å². The monoisotopic (exact) mass is 267 g/mol. The normalized spacial score (nSPS) is 9.79. The number of ether oxygens (including phenoxy) is 1. The maximum absolute atomic E-state index is 11.7. The highest BCUT2D eigenvalue weighted by atomic mass is 16.5. The molecule has 0 aliphatic rings. The zero-order valence-corrected chi connectivity index (χ0v) is 10.9. The Morgan fingerprint density at radius 1 is 1.47 bits per heavy atom. The minimum absolute atomic E-state index is 0.284. The summed E-state index contributed by atoms with van der Waals surface area (Å²) in [5.74, 6) is -0.542. The average molecular weight is 267 g/mol. The topological polar surface area (TPSA) is 91.8 Å². The third-order valence-electron chi connectivity index (χ3n) is 2.45. The summed E-state index contributed by atoms with van der Waals surface area (Å²) in [6, 6.07) is 3.05. The number of nitrogens with zero attached hydrogens (tertiary/aromatic N) is 2. The Labute approximate surface area is 111 Å². The largest absolute Gasteiger partial charge is 0.481 e. The predicted molar refractivity (Wildman–Crippen MR) is 67.9 cm³/mol. The fourth-order valence-electron chi connectivity index (χ4n) is 1.42. The number of rotatable bonds is 6. The standard InChI is InChI=1S/C12H17N3O4/c1-3-15(8-11(16)17)12(18)14-7-9-4-5-10(19-2)13-6-9/h4-6H,3,7-8H2,1-2H3,(H,14,18)(H,16,17). The summed E-state index contributed by atoms with van der Waals surface area (Å²) in [7, 11) is 1.52. The fraction of sp³-hybridized carbons (Fsp3) is 0.417. The number of likely N-dealkylation sites (N-methyl/N-ethyl adjacent to an activating group) is 1. The number of hydrogen-bond donors (Lipinski definition) is 2. The van der Waals surface area contributed by atoms with Crippen molar-refractivity contribution in [3.05, 3.63) is 23.9 Å². The summed E-state index contributed by atoms with van der Waals surface area (Å²) in [4.78, 5) is 27.5. The number of nitrogens with one attached hydrogen (secondary N) is 1. The zero-order valence-electron chi connectivity index (χ0n) is 10.9. The molecule has 1 aromatic heterocycles. The number of hydrogen-bond acceptors (Lipinski definition) is 4. The Kier molecular flexibility index (Phi) is 5.59. The molecule has 2 amide bonds. The fourth-order valence-corrected chi connectivity index (χ4v) is 1.42. The summed E-state index contributed by atoms with van der Waals surface area (Å²) in [6.45, 7) is 2.02. The van der Waals surface area contributed by atoms with Crippen LogP contribution in [0.25, 0.3) is 0 Å². The number of amides is 2. The maximum Gasteiger partial charge on any atom is 0.323 e. The molecule has 7 heteroatoms. The molecule has 1 heterocycles. The number of carboxylic acid groups (broad SMARTS) is 1. The van der Waals surface area contributed by atoms with Crippen molar-refractivity contribution < 1.29 is 19.4 Å². The van der Waals surface area contributed by atoms with Crippen LogP contribution in [0, 0.1) is 0 Å². The van der Waals surface area contributed by atoms with E-state index in [1.54, 1.807) is 25.3 Å². The number of urea groups is 1. The molecule has 0 unspecified atom stereocenters. The SMILES string of the molecule is CCN(CC(=O)O)C(=O)NCc1ccc(OC)nc1. The van der Waals surface area contributed by atoms with Gasteiger partial charge in [0.25, 0.3) is 0 Å². The van der Waals surface area contributed by atoms with Gasteiger partial charge >= 0.3 is 12.0 Å². The van der Waals surface area contributed by atoms with Crippen molar-refractivity contribution in [3.8, 4) is 5.88 Å². The Morgan fingerprint density at radius 2 is 2.21 bits per heavy atom. The number of carbonyl (C=O) groups excluding carboxylic acids is 1. The second-order valence-electron chi connectivity index (χ2n) is 3.78. The molecule has 0 fully saturated rings. The van der Waals surface area contributed by atoms with Gasteiger partial charge in [-0.1, -0.05) is 6.07 Å². The predicted octanol–water partition coefficient (Wildman–Crippen LogP) is 0.706. The van der Waals surface area contributed by atoms with Crippen molar-refractivity contribution in [2.75, 3.05) is 20.2 Å². The molecule has 0 aromatic carbocycles. The molecular formula is C12H17N3O4. The van der Waals surface area contributed by atoms with Crippen LogP contribution in [0.1, 0.15) is 12.5 Å². The van der Waals surface area contributed by atoms with Crippen LogP contribution in [0.3, 0.4) is 0 Å². The molecule has 104 valence electrons. The Bertz CT molecular complexity index is 433. The zero-order chi connectivity index (χ0) is 14.3. The van der Waals surface area contributed by atoms with E-state index in [9.17, 15) is 9.59 Å². The van der Waals surface area contributed by atoms with E-state index < -0.39 is 12.0 Å². The van der Waals surface area contributed by atoms with Crippen molar-refractivity contribution in [1.82, 2.24) is 15.2 Å². The molecule has 19 heavy (non-hydrogen) atoms. The van der Waals surface area contributed by atoms with Gasteiger partial charge in [0, 0.05) is 25.4 Å². The van der Waals surface area contributed by atoms with Crippen LogP contribution in [0.2, 0.25) is 0 Å². The van der Waals surface area contributed by atoms with Gasteiger partial charge in [-0.2, -0.15) is 0 Å². The van der Waals surface area contributed by atoms with E-state index in [1.165, 1.54) is 12.0 Å². The lowest BCUT2D eigenvalue weighted by molar-refractivity contribution is -0.137. The summed E-state index contributed by atoms with van der Waals surface area (Å²) in [6.07, 6.45) is 1.59.